The molecule has 0 heterocycles. The Morgan fingerprint density at radius 3 is 2.53 bits per heavy atom. The van der Waals surface area contributed by atoms with Crippen LogP contribution in [0.4, 0.5) is 4.79 Å². The number of hydrogen-bond acceptors (Lipinski definition) is 3. The van der Waals surface area contributed by atoms with Gasteiger partial charge in [0.05, 0.1) is 19.8 Å². The Hall–Kier alpha value is -1.75. The van der Waals surface area contributed by atoms with Gasteiger partial charge in [-0.1, -0.05) is 12.1 Å². The number of ether oxygens (including phenoxy) is 2. The molecule has 0 aliphatic carbocycles. The Kier molecular flexibility index (Phi) is 6.74. The van der Waals surface area contributed by atoms with Crippen molar-refractivity contribution in [2.75, 3.05) is 27.4 Å². The molecule has 1 unspecified atom stereocenters. The first-order valence-corrected chi connectivity index (χ1v) is 6.32. The highest BCUT2D eigenvalue weighted by atomic mass is 16.5. The Morgan fingerprint density at radius 2 is 1.95 bits per heavy atom. The molecule has 1 rings (SSSR count). The van der Waals surface area contributed by atoms with Crippen molar-refractivity contribution in [3.63, 3.8) is 0 Å². The zero-order chi connectivity index (χ0) is 14.1. The van der Waals surface area contributed by atoms with Crippen LogP contribution in [0, 0.1) is 0 Å². The van der Waals surface area contributed by atoms with E-state index in [0.29, 0.717) is 13.2 Å². The van der Waals surface area contributed by atoms with Crippen LogP contribution in [0.5, 0.6) is 5.75 Å². The van der Waals surface area contributed by atoms with Crippen LogP contribution in [0.15, 0.2) is 24.3 Å². The summed E-state index contributed by atoms with van der Waals surface area (Å²) in [6.45, 7) is 3.00. The van der Waals surface area contributed by atoms with Crippen LogP contribution in [0.25, 0.3) is 0 Å². The van der Waals surface area contributed by atoms with Crippen LogP contribution in [-0.2, 0) is 11.2 Å². The third-order valence-corrected chi connectivity index (χ3v) is 2.65. The number of nitrogens with one attached hydrogen (secondary N) is 2. The van der Waals surface area contributed by atoms with Crippen LogP contribution >= 0.6 is 0 Å². The van der Waals surface area contributed by atoms with Gasteiger partial charge in [-0.15, -0.1) is 0 Å². The van der Waals surface area contributed by atoms with Gasteiger partial charge in [-0.3, -0.25) is 0 Å². The zero-order valence-electron chi connectivity index (χ0n) is 11.7. The van der Waals surface area contributed by atoms with E-state index in [-0.39, 0.29) is 12.1 Å². The first kappa shape index (κ1) is 15.3. The van der Waals surface area contributed by atoms with Gasteiger partial charge in [-0.25, -0.2) is 4.79 Å². The number of hydrogen-bond donors (Lipinski definition) is 2. The summed E-state index contributed by atoms with van der Waals surface area (Å²) in [6.07, 6.45) is 0.788. The molecule has 0 aliphatic heterocycles. The molecule has 0 saturated carbocycles. The summed E-state index contributed by atoms with van der Waals surface area (Å²) in [5.74, 6) is 0.836. The van der Waals surface area contributed by atoms with Crippen LogP contribution < -0.4 is 15.4 Å². The number of carbonyl (C=O) groups is 1. The second kappa shape index (κ2) is 8.37. The normalized spacial score (nSPS) is 11.7. The van der Waals surface area contributed by atoms with Crippen molar-refractivity contribution in [3.05, 3.63) is 29.8 Å². The average molecular weight is 266 g/mol. The van der Waals surface area contributed by atoms with E-state index in [2.05, 4.69) is 10.6 Å². The van der Waals surface area contributed by atoms with Gasteiger partial charge in [0.25, 0.3) is 0 Å². The molecule has 106 valence electrons. The topological polar surface area (TPSA) is 59.6 Å². The van der Waals surface area contributed by atoms with Gasteiger partial charge in [0.2, 0.25) is 0 Å². The van der Waals surface area contributed by atoms with Crippen molar-refractivity contribution >= 4 is 6.03 Å². The minimum Gasteiger partial charge on any atom is -0.497 e. The number of methoxy groups -OCH3 is 2. The van der Waals surface area contributed by atoms with Crippen molar-refractivity contribution in [3.8, 4) is 5.75 Å². The number of rotatable bonds is 7. The van der Waals surface area contributed by atoms with Crippen LogP contribution in [-0.4, -0.2) is 39.4 Å². The molecule has 19 heavy (non-hydrogen) atoms. The molecular formula is C14H22N2O3. The summed E-state index contributed by atoms with van der Waals surface area (Å²) in [6, 6.07) is 7.65. The Bertz CT molecular complexity index is 379. The largest absolute Gasteiger partial charge is 0.497 e. The fourth-order valence-electron chi connectivity index (χ4n) is 1.68. The summed E-state index contributed by atoms with van der Waals surface area (Å²) in [7, 11) is 3.25. The molecule has 0 radical (unpaired) electrons. The van der Waals surface area contributed by atoms with Crippen molar-refractivity contribution in [2.45, 2.75) is 19.4 Å². The van der Waals surface area contributed by atoms with E-state index in [9.17, 15) is 4.79 Å². The molecule has 0 aliphatic rings. The van der Waals surface area contributed by atoms with Crippen molar-refractivity contribution in [1.82, 2.24) is 10.6 Å². The highest BCUT2D eigenvalue weighted by molar-refractivity contribution is 5.74. The second-order valence-corrected chi connectivity index (χ2v) is 4.35. The molecular weight excluding hydrogens is 244 g/mol. The first-order chi connectivity index (χ1) is 9.15. The zero-order valence-corrected chi connectivity index (χ0v) is 11.7. The standard InChI is InChI=1S/C14H22N2O3/c1-11(10-18-2)16-14(17)15-9-8-12-4-6-13(19-3)7-5-12/h4-7,11H,8-10H2,1-3H3,(H2,15,16,17). The first-order valence-electron chi connectivity index (χ1n) is 6.32. The predicted molar refractivity (Wildman–Crippen MR) is 74.6 cm³/mol. The van der Waals surface area contributed by atoms with Gasteiger partial charge < -0.3 is 20.1 Å². The van der Waals surface area contributed by atoms with Gasteiger partial charge in [0.15, 0.2) is 0 Å². The smallest absolute Gasteiger partial charge is 0.315 e. The Labute approximate surface area is 114 Å². The molecule has 2 N–H and O–H groups in total. The van der Waals surface area contributed by atoms with E-state index < -0.39 is 0 Å². The number of carbonyl (C=O) groups excluding carboxylic acids is 1. The summed E-state index contributed by atoms with van der Waals surface area (Å²) in [5, 5.41) is 5.60. The van der Waals surface area contributed by atoms with E-state index in [1.165, 1.54) is 0 Å². The molecule has 5 heteroatoms. The Balaban J connectivity index is 2.23. The fourth-order valence-corrected chi connectivity index (χ4v) is 1.68. The summed E-state index contributed by atoms with van der Waals surface area (Å²) < 4.78 is 10.0. The molecule has 1 atom stereocenters. The molecule has 0 spiro atoms. The lowest BCUT2D eigenvalue weighted by Gasteiger charge is -2.13. The summed E-state index contributed by atoms with van der Waals surface area (Å²) >= 11 is 0. The van der Waals surface area contributed by atoms with Gasteiger partial charge in [0.1, 0.15) is 5.75 Å². The molecule has 2 amide bonds. The minimum absolute atomic E-state index is 0.00554. The quantitative estimate of drug-likeness (QED) is 0.787. The maximum Gasteiger partial charge on any atom is 0.315 e. The molecule has 1 aromatic carbocycles. The predicted octanol–water partition coefficient (Wildman–Crippen LogP) is 1.57. The number of benzene rings is 1. The molecule has 0 aromatic heterocycles. The van der Waals surface area contributed by atoms with Crippen LogP contribution in [0.1, 0.15) is 12.5 Å². The van der Waals surface area contributed by atoms with E-state index in [1.807, 2.05) is 31.2 Å². The van der Waals surface area contributed by atoms with Crippen LogP contribution in [0.3, 0.4) is 0 Å². The van der Waals surface area contributed by atoms with E-state index >= 15 is 0 Å². The van der Waals surface area contributed by atoms with Gasteiger partial charge in [-0.05, 0) is 31.0 Å². The molecule has 1 aromatic rings. The highest BCUT2D eigenvalue weighted by Gasteiger charge is 2.05. The number of urea groups is 1. The molecule has 5 nitrogen and oxygen atoms in total. The molecule has 0 bridgehead atoms. The summed E-state index contributed by atoms with van der Waals surface area (Å²) in [5.41, 5.74) is 1.16. The second-order valence-electron chi connectivity index (χ2n) is 4.35. The third-order valence-electron chi connectivity index (χ3n) is 2.65. The molecule has 0 fully saturated rings. The van der Waals surface area contributed by atoms with Gasteiger partial charge in [-0.2, -0.15) is 0 Å². The monoisotopic (exact) mass is 266 g/mol. The van der Waals surface area contributed by atoms with Crippen molar-refractivity contribution in [1.29, 1.82) is 0 Å². The third kappa shape index (κ3) is 6.10. The lowest BCUT2D eigenvalue weighted by atomic mass is 10.1. The average Bonchev–Trinajstić information content (AvgIpc) is 2.39. The maximum absolute atomic E-state index is 11.5. The SMILES string of the molecule is COCC(C)NC(=O)NCCc1ccc(OC)cc1. The Morgan fingerprint density at radius 1 is 1.26 bits per heavy atom. The van der Waals surface area contributed by atoms with Crippen molar-refractivity contribution in [2.24, 2.45) is 0 Å². The minimum atomic E-state index is -0.168. The summed E-state index contributed by atoms with van der Waals surface area (Å²) in [4.78, 5) is 11.5. The van der Waals surface area contributed by atoms with E-state index in [1.54, 1.807) is 14.2 Å². The van der Waals surface area contributed by atoms with Crippen molar-refractivity contribution < 1.29 is 14.3 Å². The number of amides is 2. The van der Waals surface area contributed by atoms with E-state index in [0.717, 1.165) is 17.7 Å². The molecule has 0 saturated heterocycles. The maximum atomic E-state index is 11.5. The van der Waals surface area contributed by atoms with E-state index in [4.69, 9.17) is 9.47 Å². The lowest BCUT2D eigenvalue weighted by Crippen LogP contribution is -2.43. The highest BCUT2D eigenvalue weighted by Crippen LogP contribution is 2.11. The van der Waals surface area contributed by atoms with Gasteiger partial charge >= 0.3 is 6.03 Å². The van der Waals surface area contributed by atoms with Gasteiger partial charge in [0, 0.05) is 13.7 Å². The van der Waals surface area contributed by atoms with Crippen LogP contribution in [0.2, 0.25) is 0 Å². The lowest BCUT2D eigenvalue weighted by molar-refractivity contribution is 0.171. The fraction of sp³-hybridized carbons (Fsp3) is 0.500.